The molecule has 0 aromatic carbocycles. The van der Waals surface area contributed by atoms with Crippen LogP contribution >= 0.6 is 0 Å². The van der Waals surface area contributed by atoms with Gasteiger partial charge in [0, 0.05) is 39.8 Å². The molecule has 19 heavy (non-hydrogen) atoms. The lowest BCUT2D eigenvalue weighted by molar-refractivity contribution is -0.138. The topological polar surface area (TPSA) is 82.1 Å². The molecule has 0 spiro atoms. The van der Waals surface area contributed by atoms with Crippen LogP contribution in [-0.2, 0) is 14.3 Å². The van der Waals surface area contributed by atoms with Crippen LogP contribution in [0.2, 0.25) is 0 Å². The highest BCUT2D eigenvalue weighted by Crippen LogP contribution is 2.03. The minimum Gasteiger partial charge on any atom is -0.480 e. The van der Waals surface area contributed by atoms with Crippen LogP contribution in [0.25, 0.3) is 0 Å². The first-order valence-electron chi connectivity index (χ1n) is 6.55. The number of aliphatic carboxylic acids is 1. The first-order chi connectivity index (χ1) is 9.13. The van der Waals surface area contributed by atoms with Gasteiger partial charge in [0.1, 0.15) is 0 Å². The molecule has 0 aromatic heterocycles. The number of amides is 1. The molecular weight excluding hydrogens is 250 g/mol. The van der Waals surface area contributed by atoms with E-state index in [2.05, 4.69) is 5.32 Å². The Labute approximate surface area is 113 Å². The average Bonchev–Trinajstić information content (AvgIpc) is 2.59. The fourth-order valence-corrected chi connectivity index (χ4v) is 2.05. The van der Waals surface area contributed by atoms with Crippen molar-refractivity contribution in [2.45, 2.75) is 6.42 Å². The Morgan fingerprint density at radius 1 is 1.26 bits per heavy atom. The molecule has 1 heterocycles. The Morgan fingerprint density at radius 2 is 2.05 bits per heavy atom. The number of hydrogen-bond acceptors (Lipinski definition) is 5. The molecule has 0 radical (unpaired) electrons. The van der Waals surface area contributed by atoms with E-state index in [1.807, 2.05) is 4.90 Å². The van der Waals surface area contributed by atoms with Gasteiger partial charge in [0.25, 0.3) is 0 Å². The predicted molar refractivity (Wildman–Crippen MR) is 70.0 cm³/mol. The molecule has 1 aliphatic heterocycles. The second kappa shape index (κ2) is 8.84. The summed E-state index contributed by atoms with van der Waals surface area (Å²) in [5, 5.41) is 11.8. The van der Waals surface area contributed by atoms with E-state index in [1.165, 1.54) is 0 Å². The summed E-state index contributed by atoms with van der Waals surface area (Å²) in [6.07, 6.45) is 0.817. The number of hydrogen-bond donors (Lipinski definition) is 2. The molecule has 1 saturated heterocycles. The Kier molecular flexibility index (Phi) is 7.39. The SMILES string of the molecule is COCCNCC(=O)N1CCCN(CC(=O)O)CC1. The van der Waals surface area contributed by atoms with Gasteiger partial charge in [0.05, 0.1) is 19.7 Å². The maximum absolute atomic E-state index is 11.9. The van der Waals surface area contributed by atoms with Gasteiger partial charge in [-0.3, -0.25) is 14.5 Å². The van der Waals surface area contributed by atoms with Gasteiger partial charge in [-0.2, -0.15) is 0 Å². The lowest BCUT2D eigenvalue weighted by Crippen LogP contribution is -2.41. The van der Waals surface area contributed by atoms with E-state index in [1.54, 1.807) is 12.0 Å². The van der Waals surface area contributed by atoms with E-state index in [4.69, 9.17) is 9.84 Å². The van der Waals surface area contributed by atoms with Crippen molar-refractivity contribution in [3.63, 3.8) is 0 Å². The summed E-state index contributed by atoms with van der Waals surface area (Å²) in [5.74, 6) is -0.755. The van der Waals surface area contributed by atoms with Crippen LogP contribution in [-0.4, -0.2) is 86.3 Å². The van der Waals surface area contributed by atoms with Crippen molar-refractivity contribution in [3.8, 4) is 0 Å². The highest BCUT2D eigenvalue weighted by molar-refractivity contribution is 5.78. The van der Waals surface area contributed by atoms with Crippen LogP contribution < -0.4 is 5.32 Å². The maximum Gasteiger partial charge on any atom is 0.317 e. The molecule has 1 amide bonds. The summed E-state index contributed by atoms with van der Waals surface area (Å²) in [5.41, 5.74) is 0. The standard InChI is InChI=1S/C12H23N3O4/c1-19-8-3-13-9-11(16)15-5-2-4-14(6-7-15)10-12(17)18/h13H,2-10H2,1H3,(H,17,18). The molecule has 110 valence electrons. The second-order valence-electron chi connectivity index (χ2n) is 4.57. The Hall–Kier alpha value is -1.18. The van der Waals surface area contributed by atoms with Crippen molar-refractivity contribution in [2.75, 3.05) is 59.5 Å². The zero-order valence-corrected chi connectivity index (χ0v) is 11.4. The number of carbonyl (C=O) groups excluding carboxylic acids is 1. The summed E-state index contributed by atoms with van der Waals surface area (Å²) in [6.45, 7) is 4.24. The molecule has 0 unspecified atom stereocenters. The molecule has 1 fully saturated rings. The van der Waals surface area contributed by atoms with Gasteiger partial charge in [-0.1, -0.05) is 0 Å². The predicted octanol–water partition coefficient (Wildman–Crippen LogP) is -1.16. The zero-order valence-electron chi connectivity index (χ0n) is 11.4. The van der Waals surface area contributed by atoms with Crippen LogP contribution in [0, 0.1) is 0 Å². The summed E-state index contributed by atoms with van der Waals surface area (Å²) in [4.78, 5) is 26.2. The molecule has 2 N–H and O–H groups in total. The lowest BCUT2D eigenvalue weighted by atomic mass is 10.3. The number of carbonyl (C=O) groups is 2. The molecular formula is C12H23N3O4. The van der Waals surface area contributed by atoms with Gasteiger partial charge in [-0.25, -0.2) is 0 Å². The number of nitrogens with zero attached hydrogens (tertiary/aromatic N) is 2. The summed E-state index contributed by atoms with van der Waals surface area (Å²) >= 11 is 0. The Bertz CT molecular complexity index is 299. The van der Waals surface area contributed by atoms with E-state index >= 15 is 0 Å². The fraction of sp³-hybridized carbons (Fsp3) is 0.833. The third kappa shape index (κ3) is 6.51. The first-order valence-corrected chi connectivity index (χ1v) is 6.55. The van der Waals surface area contributed by atoms with Gasteiger partial charge in [-0.15, -0.1) is 0 Å². The smallest absolute Gasteiger partial charge is 0.317 e. The van der Waals surface area contributed by atoms with E-state index < -0.39 is 5.97 Å². The van der Waals surface area contributed by atoms with Crippen molar-refractivity contribution in [3.05, 3.63) is 0 Å². The van der Waals surface area contributed by atoms with Crippen LogP contribution in [0.1, 0.15) is 6.42 Å². The van der Waals surface area contributed by atoms with Crippen molar-refractivity contribution in [2.24, 2.45) is 0 Å². The van der Waals surface area contributed by atoms with Gasteiger partial charge < -0.3 is 20.1 Å². The second-order valence-corrected chi connectivity index (χ2v) is 4.57. The molecule has 7 heteroatoms. The van der Waals surface area contributed by atoms with Crippen LogP contribution in [0.3, 0.4) is 0 Å². The number of carboxylic acids is 1. The molecule has 0 aliphatic carbocycles. The molecule has 0 bridgehead atoms. The van der Waals surface area contributed by atoms with Crippen molar-refractivity contribution < 1.29 is 19.4 Å². The van der Waals surface area contributed by atoms with Gasteiger partial charge in [0.2, 0.25) is 5.91 Å². The number of nitrogens with one attached hydrogen (secondary N) is 1. The summed E-state index contributed by atoms with van der Waals surface area (Å²) in [7, 11) is 1.62. The summed E-state index contributed by atoms with van der Waals surface area (Å²) in [6, 6.07) is 0. The lowest BCUT2D eigenvalue weighted by Gasteiger charge is -2.21. The molecule has 0 atom stereocenters. The number of rotatable bonds is 7. The van der Waals surface area contributed by atoms with Crippen LogP contribution in [0.4, 0.5) is 0 Å². The van der Waals surface area contributed by atoms with Crippen LogP contribution in [0.5, 0.6) is 0 Å². The number of carboxylic acid groups (broad SMARTS) is 1. The van der Waals surface area contributed by atoms with Crippen molar-refractivity contribution in [1.82, 2.24) is 15.1 Å². The van der Waals surface area contributed by atoms with Gasteiger partial charge in [0.15, 0.2) is 0 Å². The highest BCUT2D eigenvalue weighted by atomic mass is 16.5. The van der Waals surface area contributed by atoms with E-state index in [-0.39, 0.29) is 12.5 Å². The quantitative estimate of drug-likeness (QED) is 0.570. The van der Waals surface area contributed by atoms with Crippen molar-refractivity contribution >= 4 is 11.9 Å². The highest BCUT2D eigenvalue weighted by Gasteiger charge is 2.19. The van der Waals surface area contributed by atoms with Crippen LogP contribution in [0.15, 0.2) is 0 Å². The summed E-state index contributed by atoms with van der Waals surface area (Å²) < 4.78 is 4.89. The number of ether oxygens (including phenoxy) is 1. The van der Waals surface area contributed by atoms with Crippen molar-refractivity contribution in [1.29, 1.82) is 0 Å². The molecule has 7 nitrogen and oxygen atoms in total. The maximum atomic E-state index is 11.9. The first kappa shape index (κ1) is 15.9. The van der Waals surface area contributed by atoms with Gasteiger partial charge >= 0.3 is 5.97 Å². The largest absolute Gasteiger partial charge is 0.480 e. The average molecular weight is 273 g/mol. The minimum atomic E-state index is -0.819. The van der Waals surface area contributed by atoms with E-state index in [0.29, 0.717) is 39.3 Å². The normalized spacial score (nSPS) is 17.2. The van der Waals surface area contributed by atoms with Gasteiger partial charge in [-0.05, 0) is 6.42 Å². The monoisotopic (exact) mass is 273 g/mol. The Morgan fingerprint density at radius 3 is 2.74 bits per heavy atom. The molecule has 1 aliphatic rings. The molecule has 0 saturated carbocycles. The number of methoxy groups -OCH3 is 1. The molecule has 1 rings (SSSR count). The minimum absolute atomic E-state index is 0.0497. The fourth-order valence-electron chi connectivity index (χ4n) is 2.05. The molecule has 0 aromatic rings. The van der Waals surface area contributed by atoms with E-state index in [0.717, 1.165) is 13.0 Å². The third-order valence-electron chi connectivity index (χ3n) is 3.06. The third-order valence-corrected chi connectivity index (χ3v) is 3.06. The zero-order chi connectivity index (χ0) is 14.1. The Balaban J connectivity index is 2.27. The van der Waals surface area contributed by atoms with E-state index in [9.17, 15) is 9.59 Å².